The molecule has 34 heavy (non-hydrogen) atoms. The van der Waals surface area contributed by atoms with E-state index >= 15 is 0 Å². The van der Waals surface area contributed by atoms with Crippen molar-refractivity contribution in [1.82, 2.24) is 10.3 Å². The maximum Gasteiger partial charge on any atom is 0.320 e. The third kappa shape index (κ3) is 6.34. The Hall–Kier alpha value is -3.42. The van der Waals surface area contributed by atoms with Crippen LogP contribution < -0.4 is 20.7 Å². The average molecular weight is 466 g/mol. The van der Waals surface area contributed by atoms with Gasteiger partial charge >= 0.3 is 6.03 Å². The number of nitrogens with zero attached hydrogens (tertiary/aromatic N) is 2. The van der Waals surface area contributed by atoms with Gasteiger partial charge in [-0.25, -0.2) is 9.78 Å². The number of Topliss-reactive ketones (excluding diaryl/α,β-unsaturated/α-hetero) is 1. The van der Waals surface area contributed by atoms with Crippen LogP contribution in [0.5, 0.6) is 5.75 Å². The molecule has 0 aliphatic heterocycles. The molecule has 2 amide bonds. The summed E-state index contributed by atoms with van der Waals surface area (Å²) in [5, 5.41) is 8.87. The van der Waals surface area contributed by atoms with E-state index < -0.39 is 0 Å². The summed E-state index contributed by atoms with van der Waals surface area (Å²) < 4.78 is 5.76. The first-order valence-electron chi connectivity index (χ1n) is 11.8. The molecule has 1 aliphatic rings. The van der Waals surface area contributed by atoms with Gasteiger partial charge in [0.25, 0.3) is 0 Å². The number of carbonyl (C=O) groups excluding carboxylic acids is 2. The first-order valence-corrected chi connectivity index (χ1v) is 11.8. The van der Waals surface area contributed by atoms with Gasteiger partial charge in [0, 0.05) is 41.5 Å². The van der Waals surface area contributed by atoms with Gasteiger partial charge in [-0.2, -0.15) is 0 Å². The highest BCUT2D eigenvalue weighted by Gasteiger charge is 2.32. The molecular formula is C26H35N5O3. The number of para-hydroxylation sites is 1. The molecule has 3 rings (SSSR count). The highest BCUT2D eigenvalue weighted by Crippen LogP contribution is 2.38. The third-order valence-corrected chi connectivity index (χ3v) is 5.66. The van der Waals surface area contributed by atoms with Gasteiger partial charge in [0.1, 0.15) is 5.82 Å². The number of anilines is 3. The summed E-state index contributed by atoms with van der Waals surface area (Å²) in [5.74, 6) is 1.07. The van der Waals surface area contributed by atoms with E-state index in [0.717, 1.165) is 30.5 Å². The highest BCUT2D eigenvalue weighted by molar-refractivity contribution is 6.06. The van der Waals surface area contributed by atoms with E-state index in [4.69, 9.17) is 9.73 Å². The lowest BCUT2D eigenvalue weighted by Crippen LogP contribution is -2.34. The third-order valence-electron chi connectivity index (χ3n) is 5.66. The van der Waals surface area contributed by atoms with E-state index in [1.54, 1.807) is 13.2 Å². The monoisotopic (exact) mass is 465 g/mol. The van der Waals surface area contributed by atoms with Crippen molar-refractivity contribution in [2.45, 2.75) is 66.0 Å². The van der Waals surface area contributed by atoms with E-state index in [2.05, 4.69) is 34.8 Å². The number of rotatable bonds is 10. The molecule has 1 unspecified atom stereocenters. The number of pyridine rings is 1. The van der Waals surface area contributed by atoms with Gasteiger partial charge in [0.2, 0.25) is 0 Å². The number of amides is 2. The number of nitrogens with one attached hydrogen (secondary N) is 3. The van der Waals surface area contributed by atoms with Crippen LogP contribution in [0.25, 0.3) is 0 Å². The minimum absolute atomic E-state index is 0.0133. The molecule has 0 radical (unpaired) electrons. The fourth-order valence-electron chi connectivity index (χ4n) is 3.58. The second-order valence-corrected chi connectivity index (χ2v) is 8.99. The molecule has 2 aromatic rings. The number of aliphatic imine (C=N–C) groups is 1. The quantitative estimate of drug-likeness (QED) is 0.315. The Morgan fingerprint density at radius 3 is 2.53 bits per heavy atom. The molecule has 8 nitrogen and oxygen atoms in total. The number of carbonyl (C=O) groups is 2. The zero-order chi connectivity index (χ0) is 24.8. The summed E-state index contributed by atoms with van der Waals surface area (Å²) in [6, 6.07) is 7.30. The zero-order valence-corrected chi connectivity index (χ0v) is 20.9. The molecule has 1 aromatic heterocycles. The average Bonchev–Trinajstić information content (AvgIpc) is 3.63. The van der Waals surface area contributed by atoms with Crippen LogP contribution in [0.4, 0.5) is 22.0 Å². The van der Waals surface area contributed by atoms with Crippen molar-refractivity contribution < 1.29 is 14.3 Å². The van der Waals surface area contributed by atoms with Crippen LogP contribution in [0.1, 0.15) is 69.8 Å². The van der Waals surface area contributed by atoms with Crippen molar-refractivity contribution in [3.8, 4) is 5.75 Å². The number of hydrogen-bond donors (Lipinski definition) is 3. The summed E-state index contributed by atoms with van der Waals surface area (Å²) >= 11 is 0. The van der Waals surface area contributed by atoms with Crippen molar-refractivity contribution in [1.29, 1.82) is 0 Å². The van der Waals surface area contributed by atoms with Crippen LogP contribution >= 0.6 is 0 Å². The molecule has 182 valence electrons. The van der Waals surface area contributed by atoms with E-state index in [9.17, 15) is 9.59 Å². The molecule has 1 heterocycles. The van der Waals surface area contributed by atoms with E-state index in [1.165, 1.54) is 6.20 Å². The van der Waals surface area contributed by atoms with Crippen LogP contribution in [0.15, 0.2) is 35.5 Å². The van der Waals surface area contributed by atoms with Gasteiger partial charge in [-0.3, -0.25) is 15.1 Å². The number of ketones is 1. The van der Waals surface area contributed by atoms with E-state index in [-0.39, 0.29) is 29.8 Å². The van der Waals surface area contributed by atoms with Gasteiger partial charge in [0.15, 0.2) is 11.5 Å². The lowest BCUT2D eigenvalue weighted by atomic mass is 10.1. The van der Waals surface area contributed by atoms with Crippen LogP contribution in [0, 0.1) is 5.92 Å². The van der Waals surface area contributed by atoms with Crippen molar-refractivity contribution in [3.05, 3.63) is 41.6 Å². The summed E-state index contributed by atoms with van der Waals surface area (Å²) in [6.45, 7) is 9.91. The maximum absolute atomic E-state index is 13.0. The van der Waals surface area contributed by atoms with Crippen molar-refractivity contribution >= 4 is 34.7 Å². The number of benzene rings is 1. The van der Waals surface area contributed by atoms with Crippen molar-refractivity contribution in [2.24, 2.45) is 10.9 Å². The summed E-state index contributed by atoms with van der Waals surface area (Å²) in [6.07, 6.45) is 4.25. The van der Waals surface area contributed by atoms with Gasteiger partial charge in [0.05, 0.1) is 24.0 Å². The van der Waals surface area contributed by atoms with Gasteiger partial charge in [-0.05, 0) is 59.1 Å². The number of hydrogen-bond acceptors (Lipinski definition) is 6. The Morgan fingerprint density at radius 1 is 1.18 bits per heavy atom. The molecule has 1 aliphatic carbocycles. The molecule has 1 atom stereocenters. The van der Waals surface area contributed by atoms with Crippen LogP contribution in [-0.4, -0.2) is 41.7 Å². The second-order valence-electron chi connectivity index (χ2n) is 8.99. The summed E-state index contributed by atoms with van der Waals surface area (Å²) in [5.41, 5.74) is 3.53. The second kappa shape index (κ2) is 11.1. The lowest BCUT2D eigenvalue weighted by Gasteiger charge is -2.18. The fourth-order valence-corrected chi connectivity index (χ4v) is 3.58. The SMILES string of the molecule is CCC(C)N=C(C)c1cccc(Nc2cc(NC(=O)NC(C)C)ncc2C(=O)C2CC2)c1OC. The maximum atomic E-state index is 13.0. The minimum Gasteiger partial charge on any atom is -0.494 e. The Bertz CT molecular complexity index is 1080. The van der Waals surface area contributed by atoms with Gasteiger partial charge in [-0.1, -0.05) is 13.0 Å². The predicted octanol–water partition coefficient (Wildman–Crippen LogP) is 5.56. The van der Waals surface area contributed by atoms with Crippen LogP contribution in [-0.2, 0) is 0 Å². The largest absolute Gasteiger partial charge is 0.494 e. The minimum atomic E-state index is -0.355. The Kier molecular flexibility index (Phi) is 8.26. The Balaban J connectivity index is 1.98. The lowest BCUT2D eigenvalue weighted by molar-refractivity contribution is 0.0968. The molecule has 1 fully saturated rings. The van der Waals surface area contributed by atoms with E-state index in [0.29, 0.717) is 28.5 Å². The van der Waals surface area contributed by atoms with Gasteiger partial charge < -0.3 is 15.4 Å². The molecule has 0 spiro atoms. The Morgan fingerprint density at radius 2 is 1.91 bits per heavy atom. The number of ether oxygens (including phenoxy) is 1. The first-order chi connectivity index (χ1) is 16.2. The Labute approximate surface area is 201 Å². The standard InChI is InChI=1S/C26H35N5O3/c1-7-16(4)29-17(5)19-9-8-10-21(25(19)34-6)30-22-13-23(31-26(33)28-15(2)3)27-14-20(22)24(32)18-11-12-18/h8-10,13-16,18H,7,11-12H2,1-6H3,(H3,27,28,30,31,33). The normalized spacial score (nSPS) is 14.5. The highest BCUT2D eigenvalue weighted by atomic mass is 16.5. The first kappa shape index (κ1) is 25.2. The van der Waals surface area contributed by atoms with Crippen molar-refractivity contribution in [3.63, 3.8) is 0 Å². The number of aromatic nitrogens is 1. The fraction of sp³-hybridized carbons (Fsp3) is 0.462. The predicted molar refractivity (Wildman–Crippen MR) is 137 cm³/mol. The summed E-state index contributed by atoms with van der Waals surface area (Å²) in [4.78, 5) is 34.2. The van der Waals surface area contributed by atoms with E-state index in [1.807, 2.05) is 39.0 Å². The summed E-state index contributed by atoms with van der Waals surface area (Å²) in [7, 11) is 1.62. The van der Waals surface area contributed by atoms with Gasteiger partial charge in [-0.15, -0.1) is 0 Å². The molecule has 0 saturated heterocycles. The zero-order valence-electron chi connectivity index (χ0n) is 20.9. The van der Waals surface area contributed by atoms with Crippen LogP contribution in [0.3, 0.4) is 0 Å². The van der Waals surface area contributed by atoms with Crippen LogP contribution in [0.2, 0.25) is 0 Å². The smallest absolute Gasteiger partial charge is 0.320 e. The number of urea groups is 1. The molecule has 0 bridgehead atoms. The molecule has 8 heteroatoms. The molecular weight excluding hydrogens is 430 g/mol. The molecule has 3 N–H and O–H groups in total. The van der Waals surface area contributed by atoms with Crippen molar-refractivity contribution in [2.75, 3.05) is 17.7 Å². The molecule has 1 aromatic carbocycles. The molecule has 1 saturated carbocycles. The number of methoxy groups -OCH3 is 1. The topological polar surface area (TPSA) is 105 Å².